The van der Waals surface area contributed by atoms with Crippen molar-refractivity contribution in [1.29, 1.82) is 0 Å². The van der Waals surface area contributed by atoms with E-state index in [0.29, 0.717) is 0 Å². The van der Waals surface area contributed by atoms with E-state index in [1.54, 1.807) is 0 Å². The maximum atomic E-state index is 9.11. The molecule has 2 radical (unpaired) electrons. The average molecular weight is 590 g/mol. The molecule has 0 bridgehead atoms. The zero-order valence-corrected chi connectivity index (χ0v) is 11.2. The summed E-state index contributed by atoms with van der Waals surface area (Å²) in [6, 6.07) is 0. The maximum absolute atomic E-state index is 9.11. The smallest absolute Gasteiger partial charge is 0.285 e. The quantitative estimate of drug-likeness (QED) is 0.219. The zero-order valence-electron chi connectivity index (χ0n) is 4.43. The van der Waals surface area contributed by atoms with Gasteiger partial charge in [0.1, 0.15) is 0 Å². The van der Waals surface area contributed by atoms with E-state index in [0.717, 1.165) is 0 Å². The fourth-order valence-corrected chi connectivity index (χ4v) is 0. The first-order valence-corrected chi connectivity index (χ1v) is 4.69. The molecule has 0 heterocycles. The second kappa shape index (κ2) is 11.8. The van der Waals surface area contributed by atoms with E-state index in [1.165, 1.54) is 0 Å². The third-order valence-electron chi connectivity index (χ3n) is 0. The van der Waals surface area contributed by atoms with Crippen LogP contribution in [0.1, 0.15) is 0 Å². The Morgan fingerprint density at radius 2 is 1.18 bits per heavy atom. The van der Waals surface area contributed by atoms with Crippen LogP contribution in [0.5, 0.6) is 0 Å². The van der Waals surface area contributed by atoms with Crippen LogP contribution in [0.15, 0.2) is 0 Å². The normalized spacial score (nSPS) is 8.45. The van der Waals surface area contributed by atoms with Crippen molar-refractivity contribution in [2.45, 2.75) is 0 Å². The van der Waals surface area contributed by atoms with Gasteiger partial charge in [0, 0.05) is 55.9 Å². The Bertz CT molecular complexity index is 158. The molecule has 0 saturated heterocycles. The van der Waals surface area contributed by atoms with E-state index in [4.69, 9.17) is 26.6 Å². The molecule has 0 saturated carbocycles. The number of rotatable bonds is 0. The molecule has 0 spiro atoms. The van der Waals surface area contributed by atoms with Gasteiger partial charge in [-0.3, -0.25) is 18.2 Å². The molecule has 11 heteroatoms. The molecule has 0 fully saturated rings. The van der Waals surface area contributed by atoms with Gasteiger partial charge in [-0.2, -0.15) is 8.42 Å². The van der Waals surface area contributed by atoms with Crippen molar-refractivity contribution in [2.24, 2.45) is 0 Å². The first kappa shape index (κ1) is 23.0. The van der Waals surface area contributed by atoms with Crippen molar-refractivity contribution >= 4 is 31.6 Å². The summed E-state index contributed by atoms with van der Waals surface area (Å²) in [5, 5.41) is 0. The first-order valence-electron chi connectivity index (χ1n) is 1.23. The molecule has 0 atom stereocenters. The topological polar surface area (TPSA) is 115 Å². The summed E-state index contributed by atoms with van der Waals surface area (Å²) in [7, 11) is -3.83. The largest absolute Gasteiger partial charge is 0.299 e. The van der Waals surface area contributed by atoms with Gasteiger partial charge in [0.15, 0.2) is 0 Å². The van der Waals surface area contributed by atoms with E-state index in [2.05, 4.69) is 11.2 Å². The predicted molar refractivity (Wildman–Crippen MR) is 34.2 cm³/mol. The van der Waals surface area contributed by atoms with Crippen LogP contribution < -0.4 is 0 Å². The Morgan fingerprint density at radius 1 is 1.18 bits per heavy atom. The summed E-state index contributed by atoms with van der Waals surface area (Å²) in [5.41, 5.74) is 0. The van der Waals surface area contributed by atoms with Crippen LogP contribution in [0.3, 0.4) is 0 Å². The van der Waals surface area contributed by atoms with E-state index in [-0.39, 0.29) is 44.8 Å². The standard InChI is InChI=1S/2Au.H2O3S2.H2O3S/c;;1-5(2,3)4;1-4(2)3/h;;(H2,1,2,3,4);(H2,1,2,3). The average Bonchev–Trinajstić information content (AvgIpc) is 1.19. The molecule has 0 aromatic rings. The Morgan fingerprint density at radius 3 is 1.18 bits per heavy atom. The van der Waals surface area contributed by atoms with Gasteiger partial charge < -0.3 is 0 Å². The Kier molecular flexibility index (Phi) is 24.8. The zero-order chi connectivity index (χ0) is 8.08. The molecule has 11 heavy (non-hydrogen) atoms. The summed E-state index contributed by atoms with van der Waals surface area (Å²) in [6.07, 6.45) is 0. The Labute approximate surface area is 102 Å². The fourth-order valence-electron chi connectivity index (χ4n) is 0. The van der Waals surface area contributed by atoms with Crippen LogP contribution in [0.2, 0.25) is 0 Å². The minimum atomic E-state index is -3.83. The summed E-state index contributed by atoms with van der Waals surface area (Å²) in [4.78, 5) is 0. The van der Waals surface area contributed by atoms with Crippen molar-refractivity contribution < 1.29 is 71.4 Å². The van der Waals surface area contributed by atoms with Crippen LogP contribution in [-0.4, -0.2) is 26.6 Å². The molecule has 0 aromatic heterocycles. The molecule has 80 valence electrons. The van der Waals surface area contributed by atoms with Crippen LogP contribution in [0.25, 0.3) is 0 Å². The van der Waals surface area contributed by atoms with Gasteiger partial charge in [-0.15, -0.1) is 0 Å². The molecule has 0 aliphatic carbocycles. The van der Waals surface area contributed by atoms with Gasteiger partial charge in [0.25, 0.3) is 20.4 Å². The van der Waals surface area contributed by atoms with Gasteiger partial charge in [0.05, 0.1) is 0 Å². The molecule has 0 rings (SSSR count). The third-order valence-corrected chi connectivity index (χ3v) is 0. The Hall–Kier alpha value is 1.84. The summed E-state index contributed by atoms with van der Waals surface area (Å²) < 4.78 is 46.8. The third kappa shape index (κ3) is 338. The molecule has 0 aliphatic heterocycles. The minimum absolute atomic E-state index is 0. The predicted octanol–water partition coefficient (Wildman–Crippen LogP) is -0.645. The minimum Gasteiger partial charge on any atom is -0.285 e. The summed E-state index contributed by atoms with van der Waals surface area (Å²) in [6.45, 7) is 0. The molecule has 0 unspecified atom stereocenters. The molecule has 6 nitrogen and oxygen atoms in total. The number of hydrogen-bond acceptors (Lipinski definition) is 3. The molecule has 0 amide bonds. The van der Waals surface area contributed by atoms with Crippen molar-refractivity contribution in [3.8, 4) is 0 Å². The van der Waals surface area contributed by atoms with Gasteiger partial charge in [-0.1, -0.05) is 0 Å². The van der Waals surface area contributed by atoms with Gasteiger partial charge in [0.2, 0.25) is 0 Å². The van der Waals surface area contributed by atoms with Crippen LogP contribution in [-0.2, 0) is 76.4 Å². The van der Waals surface area contributed by atoms with Gasteiger partial charge in [-0.25, -0.2) is 0 Å². The second-order valence-electron chi connectivity index (χ2n) is 0.679. The van der Waals surface area contributed by atoms with Crippen molar-refractivity contribution in [2.75, 3.05) is 0 Å². The second-order valence-corrected chi connectivity index (χ2v) is 3.34. The first-order chi connectivity index (χ1) is 3.73. The van der Waals surface area contributed by atoms with Crippen molar-refractivity contribution in [3.63, 3.8) is 0 Å². The van der Waals surface area contributed by atoms with E-state index >= 15 is 0 Å². The van der Waals surface area contributed by atoms with Gasteiger partial charge in [-0.05, 0) is 0 Å². The van der Waals surface area contributed by atoms with Crippen molar-refractivity contribution in [1.82, 2.24) is 0 Å². The monoisotopic (exact) mass is 590 g/mol. The van der Waals surface area contributed by atoms with Gasteiger partial charge >= 0.3 is 0 Å². The fraction of sp³-hybridized carbons (Fsp3) is 0. The maximum Gasteiger partial charge on any atom is 0.299 e. The van der Waals surface area contributed by atoms with Crippen LogP contribution in [0, 0.1) is 0 Å². The summed E-state index contributed by atoms with van der Waals surface area (Å²) in [5.74, 6) is 0. The van der Waals surface area contributed by atoms with E-state index in [1.807, 2.05) is 0 Å². The van der Waals surface area contributed by atoms with E-state index in [9.17, 15) is 0 Å². The Balaban J connectivity index is -0.0000000383. The molecule has 0 aromatic carbocycles. The molecule has 4 N–H and O–H groups in total. The SMILES string of the molecule is O=S(O)(O)=S.O=S(O)O.[Au].[Au]. The molecule has 0 aliphatic rings. The molecular formula is H4Au2O6S3. The molecular weight excluding hydrogens is 586 g/mol. The van der Waals surface area contributed by atoms with E-state index < -0.39 is 20.4 Å². The van der Waals surface area contributed by atoms with Crippen LogP contribution in [0.4, 0.5) is 0 Å². The van der Waals surface area contributed by atoms with Crippen molar-refractivity contribution in [3.05, 3.63) is 0 Å². The van der Waals surface area contributed by atoms with Crippen LogP contribution >= 0.6 is 0 Å². The number of hydrogen-bond donors (Lipinski definition) is 4. The summed E-state index contributed by atoms with van der Waals surface area (Å²) >= 11 is 0.854.